The van der Waals surface area contributed by atoms with Gasteiger partial charge in [0.05, 0.1) is 18.3 Å². The first kappa shape index (κ1) is 17.6. The van der Waals surface area contributed by atoms with Gasteiger partial charge < -0.3 is 20.4 Å². The number of aliphatic hydroxyl groups excluding tert-OH is 4. The summed E-state index contributed by atoms with van der Waals surface area (Å²) in [6, 6.07) is 7.11. The summed E-state index contributed by atoms with van der Waals surface area (Å²) in [5, 5.41) is 42.4. The van der Waals surface area contributed by atoms with Gasteiger partial charge in [0.25, 0.3) is 0 Å². The standard InChI is InChI=1S/C15H18ClN3O4/c1-8-4-14(18-11-3-2-9(16)5-10(8)11)19-17-6-12(21)15(23)13(22)7-20/h2-6,12-13,15,20-23H,7H2,1H3,(H,18,19)/b17-6+/t12-,13-,15+/m1/s1. The highest BCUT2D eigenvalue weighted by Gasteiger charge is 2.22. The largest absolute Gasteiger partial charge is 0.394 e. The molecule has 0 saturated heterocycles. The Kier molecular flexibility index (Phi) is 5.86. The molecule has 0 fully saturated rings. The van der Waals surface area contributed by atoms with Gasteiger partial charge in [0.1, 0.15) is 24.1 Å². The number of anilines is 1. The summed E-state index contributed by atoms with van der Waals surface area (Å²) in [4.78, 5) is 4.35. The second kappa shape index (κ2) is 7.67. The number of pyridine rings is 1. The highest BCUT2D eigenvalue weighted by molar-refractivity contribution is 6.31. The average Bonchev–Trinajstić information content (AvgIpc) is 2.54. The third kappa shape index (κ3) is 4.37. The molecule has 23 heavy (non-hydrogen) atoms. The van der Waals surface area contributed by atoms with E-state index in [-0.39, 0.29) is 0 Å². The van der Waals surface area contributed by atoms with Crippen LogP contribution >= 0.6 is 11.6 Å². The van der Waals surface area contributed by atoms with Crippen LogP contribution in [-0.2, 0) is 0 Å². The minimum atomic E-state index is -1.53. The van der Waals surface area contributed by atoms with E-state index < -0.39 is 24.9 Å². The highest BCUT2D eigenvalue weighted by atomic mass is 35.5. The van der Waals surface area contributed by atoms with E-state index in [0.717, 1.165) is 22.7 Å². The molecule has 2 aromatic rings. The van der Waals surface area contributed by atoms with E-state index in [1.165, 1.54) is 0 Å². The number of nitrogens with one attached hydrogen (secondary N) is 1. The second-order valence-corrected chi connectivity index (χ2v) is 5.54. The maximum absolute atomic E-state index is 9.61. The second-order valence-electron chi connectivity index (χ2n) is 5.11. The number of nitrogens with zero attached hydrogens (tertiary/aromatic N) is 2. The van der Waals surface area contributed by atoms with Crippen LogP contribution in [-0.4, -0.2) is 56.5 Å². The summed E-state index contributed by atoms with van der Waals surface area (Å²) < 4.78 is 0. The maximum atomic E-state index is 9.61. The normalized spacial score (nSPS) is 15.7. The monoisotopic (exact) mass is 339 g/mol. The number of hydrogen-bond donors (Lipinski definition) is 5. The predicted molar refractivity (Wildman–Crippen MR) is 88.7 cm³/mol. The zero-order valence-corrected chi connectivity index (χ0v) is 13.1. The summed E-state index contributed by atoms with van der Waals surface area (Å²) in [7, 11) is 0. The average molecular weight is 340 g/mol. The molecule has 7 nitrogen and oxygen atoms in total. The highest BCUT2D eigenvalue weighted by Crippen LogP contribution is 2.23. The minimum Gasteiger partial charge on any atom is -0.394 e. The van der Waals surface area contributed by atoms with Gasteiger partial charge in [-0.15, -0.1) is 0 Å². The first-order chi connectivity index (χ1) is 10.9. The minimum absolute atomic E-state index is 0.456. The first-order valence-electron chi connectivity index (χ1n) is 6.93. The van der Waals surface area contributed by atoms with Crippen molar-refractivity contribution in [3.63, 3.8) is 0 Å². The molecule has 8 heteroatoms. The molecule has 0 aliphatic carbocycles. The van der Waals surface area contributed by atoms with Gasteiger partial charge in [-0.3, -0.25) is 5.43 Å². The van der Waals surface area contributed by atoms with Crippen molar-refractivity contribution in [1.82, 2.24) is 4.98 Å². The molecule has 0 aliphatic heterocycles. The fourth-order valence-electron chi connectivity index (χ4n) is 2.03. The number of hydrazone groups is 1. The van der Waals surface area contributed by atoms with Crippen LogP contribution in [0.15, 0.2) is 29.4 Å². The van der Waals surface area contributed by atoms with Crippen molar-refractivity contribution in [2.24, 2.45) is 5.10 Å². The zero-order valence-electron chi connectivity index (χ0n) is 12.4. The third-order valence-corrected chi connectivity index (χ3v) is 3.55. The van der Waals surface area contributed by atoms with Crippen LogP contribution in [0.25, 0.3) is 10.9 Å². The Labute approximate surface area is 137 Å². The molecule has 0 bridgehead atoms. The van der Waals surface area contributed by atoms with Gasteiger partial charge in [0.2, 0.25) is 0 Å². The molecule has 1 heterocycles. The first-order valence-corrected chi connectivity index (χ1v) is 7.31. The van der Waals surface area contributed by atoms with Crippen LogP contribution in [0.5, 0.6) is 0 Å². The lowest BCUT2D eigenvalue weighted by Crippen LogP contribution is -2.40. The Morgan fingerprint density at radius 1 is 1.30 bits per heavy atom. The lowest BCUT2D eigenvalue weighted by molar-refractivity contribution is -0.0541. The molecule has 2 rings (SSSR count). The Balaban J connectivity index is 2.10. The molecule has 1 aromatic heterocycles. The Morgan fingerprint density at radius 2 is 2.04 bits per heavy atom. The number of aryl methyl sites for hydroxylation is 1. The number of hydrogen-bond acceptors (Lipinski definition) is 7. The van der Waals surface area contributed by atoms with Crippen molar-refractivity contribution in [2.45, 2.75) is 25.2 Å². The van der Waals surface area contributed by atoms with Crippen LogP contribution in [0.2, 0.25) is 5.02 Å². The molecular weight excluding hydrogens is 322 g/mol. The zero-order chi connectivity index (χ0) is 17.0. The number of halogens is 1. The predicted octanol–water partition coefficient (Wildman–Crippen LogP) is 0.669. The van der Waals surface area contributed by atoms with Crippen LogP contribution in [0.4, 0.5) is 5.82 Å². The van der Waals surface area contributed by atoms with E-state index in [1.807, 2.05) is 13.0 Å². The van der Waals surface area contributed by atoms with Crippen molar-refractivity contribution in [1.29, 1.82) is 0 Å². The van der Waals surface area contributed by atoms with Crippen molar-refractivity contribution in [2.75, 3.05) is 12.0 Å². The van der Waals surface area contributed by atoms with E-state index in [0.29, 0.717) is 10.8 Å². The molecule has 0 amide bonds. The van der Waals surface area contributed by atoms with Crippen LogP contribution in [0.3, 0.4) is 0 Å². The Morgan fingerprint density at radius 3 is 2.74 bits per heavy atom. The van der Waals surface area contributed by atoms with Gasteiger partial charge in [-0.25, -0.2) is 4.98 Å². The van der Waals surface area contributed by atoms with Gasteiger partial charge in [-0.2, -0.15) is 5.10 Å². The molecule has 1 aromatic carbocycles. The summed E-state index contributed by atoms with van der Waals surface area (Å²) >= 11 is 5.96. The van der Waals surface area contributed by atoms with Gasteiger partial charge in [-0.05, 0) is 36.8 Å². The van der Waals surface area contributed by atoms with Crippen LogP contribution in [0.1, 0.15) is 5.56 Å². The molecule has 0 aliphatic rings. The van der Waals surface area contributed by atoms with E-state index in [9.17, 15) is 15.3 Å². The van der Waals surface area contributed by atoms with Crippen molar-refractivity contribution >= 4 is 34.5 Å². The van der Waals surface area contributed by atoms with Gasteiger partial charge in [0, 0.05) is 10.4 Å². The smallest absolute Gasteiger partial charge is 0.147 e. The summed E-state index contributed by atoms with van der Waals surface area (Å²) in [5.41, 5.74) is 4.33. The van der Waals surface area contributed by atoms with E-state index in [1.54, 1.807) is 18.2 Å². The summed E-state index contributed by atoms with van der Waals surface area (Å²) in [6.45, 7) is 1.25. The molecule has 124 valence electrons. The summed E-state index contributed by atoms with van der Waals surface area (Å²) in [6.07, 6.45) is -3.38. The molecule has 0 spiro atoms. The van der Waals surface area contributed by atoms with Gasteiger partial charge in [-0.1, -0.05) is 11.6 Å². The van der Waals surface area contributed by atoms with Crippen LogP contribution in [0, 0.1) is 6.92 Å². The topological polar surface area (TPSA) is 118 Å². The van der Waals surface area contributed by atoms with E-state index >= 15 is 0 Å². The molecule has 0 radical (unpaired) electrons. The number of aromatic nitrogens is 1. The van der Waals surface area contributed by atoms with Crippen molar-refractivity contribution in [3.8, 4) is 0 Å². The third-order valence-electron chi connectivity index (χ3n) is 3.32. The van der Waals surface area contributed by atoms with E-state index in [2.05, 4.69) is 15.5 Å². The van der Waals surface area contributed by atoms with Gasteiger partial charge >= 0.3 is 0 Å². The van der Waals surface area contributed by atoms with Crippen molar-refractivity contribution < 1.29 is 20.4 Å². The molecule has 3 atom stereocenters. The lowest BCUT2D eigenvalue weighted by Gasteiger charge is -2.18. The fourth-order valence-corrected chi connectivity index (χ4v) is 2.20. The lowest BCUT2D eigenvalue weighted by atomic mass is 10.1. The number of benzene rings is 1. The number of rotatable bonds is 6. The Bertz CT molecular complexity index is 710. The quantitative estimate of drug-likeness (QED) is 0.390. The molecular formula is C15H18ClN3O4. The molecule has 0 saturated carbocycles. The SMILES string of the molecule is Cc1cc(N/N=C/[C@@H](O)[C@H](O)[C@H](O)CO)nc2ccc(Cl)cc12. The van der Waals surface area contributed by atoms with Crippen LogP contribution < -0.4 is 5.43 Å². The Hall–Kier alpha value is -1.77. The number of fused-ring (bicyclic) bond motifs is 1. The summed E-state index contributed by atoms with van der Waals surface area (Å²) in [5.74, 6) is 0.456. The fraction of sp³-hybridized carbons (Fsp3) is 0.333. The number of aliphatic hydroxyl groups is 4. The van der Waals surface area contributed by atoms with Crippen molar-refractivity contribution in [3.05, 3.63) is 34.9 Å². The van der Waals surface area contributed by atoms with Gasteiger partial charge in [0.15, 0.2) is 0 Å². The van der Waals surface area contributed by atoms with E-state index in [4.69, 9.17) is 16.7 Å². The molecule has 0 unspecified atom stereocenters. The molecule has 5 N–H and O–H groups in total. The maximum Gasteiger partial charge on any atom is 0.147 e.